The van der Waals surface area contributed by atoms with Gasteiger partial charge in [0.25, 0.3) is 0 Å². The first-order valence-corrected chi connectivity index (χ1v) is 12.2. The second-order valence-corrected chi connectivity index (χ2v) is 8.56. The summed E-state index contributed by atoms with van der Waals surface area (Å²) >= 11 is 0. The van der Waals surface area contributed by atoms with Crippen molar-refractivity contribution >= 4 is 5.91 Å². The van der Waals surface area contributed by atoms with Crippen LogP contribution in [0.4, 0.5) is 0 Å². The van der Waals surface area contributed by atoms with Crippen LogP contribution in [0.5, 0.6) is 0 Å². The average molecular weight is 443 g/mol. The summed E-state index contributed by atoms with van der Waals surface area (Å²) in [6, 6.07) is 0.0829. The number of nitrogens with two attached hydrogens (primary N) is 1. The zero-order valence-corrected chi connectivity index (χ0v) is 20.9. The molecule has 0 aromatic carbocycles. The molecule has 0 aromatic rings. The second-order valence-electron chi connectivity index (χ2n) is 8.56. The van der Waals surface area contributed by atoms with E-state index >= 15 is 0 Å². The van der Waals surface area contributed by atoms with Crippen molar-refractivity contribution in [3.63, 3.8) is 0 Å². The number of carbonyl (C=O) groups excluding carboxylic acids is 1. The lowest BCUT2D eigenvalue weighted by molar-refractivity contribution is -0.132. The fraction of sp³-hybridized carbons (Fsp3) is 0.593. The number of amides is 1. The van der Waals surface area contributed by atoms with Gasteiger partial charge in [0.2, 0.25) is 5.91 Å². The van der Waals surface area contributed by atoms with Gasteiger partial charge < -0.3 is 20.9 Å². The summed E-state index contributed by atoms with van der Waals surface area (Å²) < 4.78 is 0. The molecule has 1 unspecified atom stereocenters. The monoisotopic (exact) mass is 442 g/mol. The van der Waals surface area contributed by atoms with Gasteiger partial charge in [-0.2, -0.15) is 0 Å². The van der Waals surface area contributed by atoms with E-state index in [0.29, 0.717) is 13.1 Å². The van der Waals surface area contributed by atoms with Crippen LogP contribution in [0, 0.1) is 0 Å². The second kappa shape index (κ2) is 16.5. The molecule has 1 heterocycles. The molecule has 1 fully saturated rings. The maximum absolute atomic E-state index is 13.0. The van der Waals surface area contributed by atoms with Crippen molar-refractivity contribution in [2.24, 2.45) is 5.73 Å². The van der Waals surface area contributed by atoms with E-state index in [-0.39, 0.29) is 11.9 Å². The predicted molar refractivity (Wildman–Crippen MR) is 138 cm³/mol. The van der Waals surface area contributed by atoms with E-state index in [1.54, 1.807) is 0 Å². The van der Waals surface area contributed by atoms with Crippen LogP contribution in [-0.4, -0.2) is 61.0 Å². The van der Waals surface area contributed by atoms with E-state index in [0.717, 1.165) is 64.0 Å². The van der Waals surface area contributed by atoms with Crippen LogP contribution < -0.4 is 11.1 Å². The Morgan fingerprint density at radius 2 is 2.00 bits per heavy atom. The molecule has 0 radical (unpaired) electrons. The first-order chi connectivity index (χ1) is 15.4. The Morgan fingerprint density at radius 3 is 2.69 bits per heavy atom. The first-order valence-electron chi connectivity index (χ1n) is 12.2. The van der Waals surface area contributed by atoms with Crippen LogP contribution >= 0.6 is 0 Å². The highest BCUT2D eigenvalue weighted by Gasteiger charge is 2.21. The Hall–Kier alpha value is -2.11. The van der Waals surface area contributed by atoms with Crippen LogP contribution in [-0.2, 0) is 4.79 Å². The van der Waals surface area contributed by atoms with Gasteiger partial charge in [0.05, 0.1) is 6.54 Å². The molecule has 1 aliphatic heterocycles. The van der Waals surface area contributed by atoms with E-state index in [4.69, 9.17) is 5.73 Å². The van der Waals surface area contributed by atoms with Gasteiger partial charge in [-0.1, -0.05) is 61.4 Å². The Balaban J connectivity index is 2.69. The maximum atomic E-state index is 13.0. The molecule has 180 valence electrons. The minimum atomic E-state index is 0.0829. The van der Waals surface area contributed by atoms with Crippen LogP contribution in [0.2, 0.25) is 0 Å². The normalized spacial score (nSPS) is 18.4. The Bertz CT molecular complexity index is 690. The lowest BCUT2D eigenvalue weighted by Crippen LogP contribution is -2.45. The number of hydrogen-bond donors (Lipinski definition) is 2. The molecular weight excluding hydrogens is 396 g/mol. The summed E-state index contributed by atoms with van der Waals surface area (Å²) in [5, 5.41) is 3.53. The molecule has 0 aromatic heterocycles. The minimum absolute atomic E-state index is 0.0829. The Morgan fingerprint density at radius 1 is 1.22 bits per heavy atom. The number of likely N-dealkylation sites (tertiary alicyclic amines) is 1. The zero-order chi connectivity index (χ0) is 23.8. The standard InChI is InChI=1S/C27H46N4O/c1-6-11-25(12-7-2)16-17-29-18-20-30(24(5)15-14-23(4)8-3)22-27(32)31-19-10-9-13-26(28)21-31/h6,8,11-12,14-15,26,29H,5,7,9-10,13,16-22,28H2,1-4H3/b11-6-,15-14-,23-8-,25-12+. The van der Waals surface area contributed by atoms with Gasteiger partial charge in [-0.15, -0.1) is 0 Å². The molecule has 1 atom stereocenters. The molecule has 1 rings (SSSR count). The predicted octanol–water partition coefficient (Wildman–Crippen LogP) is 4.56. The molecule has 0 aliphatic carbocycles. The van der Waals surface area contributed by atoms with Crippen molar-refractivity contribution in [1.29, 1.82) is 0 Å². The number of allylic oxidation sites excluding steroid dienone is 7. The average Bonchev–Trinajstić information content (AvgIpc) is 3.00. The molecule has 1 aliphatic rings. The third-order valence-electron chi connectivity index (χ3n) is 5.78. The lowest BCUT2D eigenvalue weighted by Gasteiger charge is -2.29. The van der Waals surface area contributed by atoms with E-state index in [1.165, 1.54) is 11.1 Å². The van der Waals surface area contributed by atoms with E-state index < -0.39 is 0 Å². The van der Waals surface area contributed by atoms with E-state index in [9.17, 15) is 4.79 Å². The van der Waals surface area contributed by atoms with Gasteiger partial charge in [-0.05, 0) is 59.1 Å². The number of nitrogens with one attached hydrogen (secondary N) is 1. The van der Waals surface area contributed by atoms with Gasteiger partial charge in [0.1, 0.15) is 0 Å². The van der Waals surface area contributed by atoms with Gasteiger partial charge in [-0.25, -0.2) is 0 Å². The fourth-order valence-electron chi connectivity index (χ4n) is 3.72. The molecule has 32 heavy (non-hydrogen) atoms. The highest BCUT2D eigenvalue weighted by Crippen LogP contribution is 2.12. The number of carbonyl (C=O) groups is 1. The van der Waals surface area contributed by atoms with Crippen molar-refractivity contribution in [3.05, 3.63) is 59.9 Å². The summed E-state index contributed by atoms with van der Waals surface area (Å²) in [6.07, 6.45) is 17.8. The zero-order valence-electron chi connectivity index (χ0n) is 20.9. The highest BCUT2D eigenvalue weighted by molar-refractivity contribution is 5.78. The summed E-state index contributed by atoms with van der Waals surface area (Å²) in [6.45, 7) is 16.8. The SMILES string of the molecule is C=C(/C=C\C(C)=C/C)N(CCNCCC(/C=C\C)=C/CC)CC(=O)N1CCCCC(N)C1. The fourth-order valence-corrected chi connectivity index (χ4v) is 3.72. The van der Waals surface area contributed by atoms with E-state index in [1.807, 2.05) is 24.0 Å². The van der Waals surface area contributed by atoms with Gasteiger partial charge in [0.15, 0.2) is 0 Å². The van der Waals surface area contributed by atoms with Crippen molar-refractivity contribution in [1.82, 2.24) is 15.1 Å². The number of rotatable bonds is 13. The highest BCUT2D eigenvalue weighted by atomic mass is 16.2. The smallest absolute Gasteiger partial charge is 0.242 e. The number of hydrogen-bond acceptors (Lipinski definition) is 4. The molecule has 0 spiro atoms. The lowest BCUT2D eigenvalue weighted by atomic mass is 10.1. The van der Waals surface area contributed by atoms with Crippen molar-refractivity contribution in [2.45, 2.75) is 65.8 Å². The largest absolute Gasteiger partial charge is 0.361 e. The van der Waals surface area contributed by atoms with Gasteiger partial charge >= 0.3 is 0 Å². The van der Waals surface area contributed by atoms with Gasteiger partial charge in [0, 0.05) is 37.9 Å². The van der Waals surface area contributed by atoms with Crippen molar-refractivity contribution in [2.75, 3.05) is 39.3 Å². The van der Waals surface area contributed by atoms with Crippen LogP contribution in [0.25, 0.3) is 0 Å². The van der Waals surface area contributed by atoms with Crippen LogP contribution in [0.15, 0.2) is 59.9 Å². The molecule has 5 heteroatoms. The van der Waals surface area contributed by atoms with Crippen molar-refractivity contribution in [3.8, 4) is 0 Å². The van der Waals surface area contributed by atoms with Crippen LogP contribution in [0.1, 0.15) is 59.8 Å². The molecule has 0 saturated carbocycles. The molecule has 0 bridgehead atoms. The summed E-state index contributed by atoms with van der Waals surface area (Å²) in [4.78, 5) is 17.1. The molecule has 1 saturated heterocycles. The topological polar surface area (TPSA) is 61.6 Å². The minimum Gasteiger partial charge on any atom is -0.361 e. The molecule has 1 amide bonds. The summed E-state index contributed by atoms with van der Waals surface area (Å²) in [5.41, 5.74) is 9.57. The Kier molecular flexibility index (Phi) is 14.4. The van der Waals surface area contributed by atoms with E-state index in [2.05, 4.69) is 61.9 Å². The number of nitrogens with zero attached hydrogens (tertiary/aromatic N) is 2. The maximum Gasteiger partial charge on any atom is 0.242 e. The quantitative estimate of drug-likeness (QED) is 0.324. The molecule has 3 N–H and O–H groups in total. The first kappa shape index (κ1) is 27.9. The molecule has 5 nitrogen and oxygen atoms in total. The van der Waals surface area contributed by atoms with Crippen LogP contribution in [0.3, 0.4) is 0 Å². The summed E-state index contributed by atoms with van der Waals surface area (Å²) in [5.74, 6) is 0.140. The van der Waals surface area contributed by atoms with Crippen molar-refractivity contribution < 1.29 is 4.79 Å². The third-order valence-corrected chi connectivity index (χ3v) is 5.78. The molecular formula is C27H46N4O. The summed E-state index contributed by atoms with van der Waals surface area (Å²) in [7, 11) is 0. The third kappa shape index (κ3) is 11.5. The Labute approximate surface area is 196 Å². The van der Waals surface area contributed by atoms with Gasteiger partial charge in [-0.3, -0.25) is 4.79 Å².